The molecule has 110 valence electrons. The largest absolute Gasteiger partial charge is 0.497 e. The van der Waals surface area contributed by atoms with Crippen LogP contribution in [-0.2, 0) is 11.2 Å². The zero-order valence-corrected chi connectivity index (χ0v) is 12.6. The Morgan fingerprint density at radius 3 is 3.09 bits per heavy atom. The molecule has 5 nitrogen and oxygen atoms in total. The van der Waals surface area contributed by atoms with Gasteiger partial charge in [0.25, 0.3) is 0 Å². The summed E-state index contributed by atoms with van der Waals surface area (Å²) in [6.07, 6.45) is 1.76. The second kappa shape index (κ2) is 5.92. The van der Waals surface area contributed by atoms with E-state index in [4.69, 9.17) is 14.4 Å². The van der Waals surface area contributed by atoms with Gasteiger partial charge in [-0.1, -0.05) is 0 Å². The minimum absolute atomic E-state index is 0.183. The molecule has 6 heteroatoms. The summed E-state index contributed by atoms with van der Waals surface area (Å²) in [6.45, 7) is 0. The van der Waals surface area contributed by atoms with Gasteiger partial charge < -0.3 is 14.5 Å². The van der Waals surface area contributed by atoms with Crippen molar-refractivity contribution in [2.24, 2.45) is 0 Å². The number of nitriles is 1. The maximum atomic E-state index is 12.1. The molecule has 0 atom stereocenters. The van der Waals surface area contributed by atoms with Crippen molar-refractivity contribution in [2.45, 2.75) is 6.42 Å². The molecule has 0 radical (unpaired) electrons. The smallest absolute Gasteiger partial charge is 0.229 e. The van der Waals surface area contributed by atoms with Gasteiger partial charge in [-0.25, -0.2) is 0 Å². The van der Waals surface area contributed by atoms with Gasteiger partial charge in [0, 0.05) is 17.0 Å². The highest BCUT2D eigenvalue weighted by molar-refractivity contribution is 7.14. The fraction of sp³-hybridized carbons (Fsp3) is 0.125. The summed E-state index contributed by atoms with van der Waals surface area (Å²) in [4.78, 5) is 12.1. The molecule has 0 bridgehead atoms. The van der Waals surface area contributed by atoms with E-state index >= 15 is 0 Å². The molecule has 3 aromatic rings. The Hall–Kier alpha value is -2.78. The van der Waals surface area contributed by atoms with Gasteiger partial charge in [-0.3, -0.25) is 4.79 Å². The molecule has 3 rings (SSSR count). The number of ether oxygens (including phenoxy) is 1. The van der Waals surface area contributed by atoms with Crippen LogP contribution in [0.4, 0.5) is 5.00 Å². The first kappa shape index (κ1) is 14.2. The van der Waals surface area contributed by atoms with Gasteiger partial charge in [-0.2, -0.15) is 5.26 Å². The third-order valence-corrected chi connectivity index (χ3v) is 4.08. The quantitative estimate of drug-likeness (QED) is 0.799. The van der Waals surface area contributed by atoms with E-state index < -0.39 is 0 Å². The SMILES string of the molecule is COc1ccc2c(CC(=O)Nc3sccc3C#N)coc2c1. The van der Waals surface area contributed by atoms with Crippen molar-refractivity contribution in [3.8, 4) is 11.8 Å². The minimum atomic E-state index is -0.183. The second-order valence-corrected chi connectivity index (χ2v) is 5.54. The molecule has 0 unspecified atom stereocenters. The number of thiophene rings is 1. The fourth-order valence-electron chi connectivity index (χ4n) is 2.17. The van der Waals surface area contributed by atoms with Crippen LogP contribution < -0.4 is 10.1 Å². The number of furan rings is 1. The zero-order chi connectivity index (χ0) is 15.5. The summed E-state index contributed by atoms with van der Waals surface area (Å²) in [7, 11) is 1.59. The number of carbonyl (C=O) groups excluding carboxylic acids is 1. The Kier molecular flexibility index (Phi) is 3.81. The summed E-state index contributed by atoms with van der Waals surface area (Å²) in [5.41, 5.74) is 1.95. The lowest BCUT2D eigenvalue weighted by Crippen LogP contribution is -2.13. The Morgan fingerprint density at radius 1 is 1.45 bits per heavy atom. The van der Waals surface area contributed by atoms with E-state index in [0.29, 0.717) is 21.9 Å². The zero-order valence-electron chi connectivity index (χ0n) is 11.8. The Balaban J connectivity index is 1.78. The minimum Gasteiger partial charge on any atom is -0.497 e. The van der Waals surface area contributed by atoms with Crippen molar-refractivity contribution in [3.63, 3.8) is 0 Å². The van der Waals surface area contributed by atoms with Crippen LogP contribution in [0.15, 0.2) is 40.3 Å². The Labute approximate surface area is 130 Å². The molecule has 0 saturated carbocycles. The molecule has 0 aliphatic rings. The summed E-state index contributed by atoms with van der Waals surface area (Å²) in [6, 6.07) is 9.20. The van der Waals surface area contributed by atoms with E-state index in [1.54, 1.807) is 30.9 Å². The van der Waals surface area contributed by atoms with Gasteiger partial charge in [-0.05, 0) is 23.6 Å². The van der Waals surface area contributed by atoms with Crippen LogP contribution in [0.1, 0.15) is 11.1 Å². The van der Waals surface area contributed by atoms with E-state index in [2.05, 4.69) is 5.32 Å². The molecular formula is C16H12N2O3S. The van der Waals surface area contributed by atoms with Crippen molar-refractivity contribution < 1.29 is 13.9 Å². The number of carbonyl (C=O) groups is 1. The van der Waals surface area contributed by atoms with Crippen LogP contribution >= 0.6 is 11.3 Å². The highest BCUT2D eigenvalue weighted by atomic mass is 32.1. The van der Waals surface area contributed by atoms with E-state index in [1.807, 2.05) is 18.2 Å². The van der Waals surface area contributed by atoms with Gasteiger partial charge in [0.2, 0.25) is 5.91 Å². The number of nitrogens with one attached hydrogen (secondary N) is 1. The van der Waals surface area contributed by atoms with Crippen LogP contribution in [0.3, 0.4) is 0 Å². The van der Waals surface area contributed by atoms with Crippen molar-refractivity contribution in [1.82, 2.24) is 0 Å². The maximum Gasteiger partial charge on any atom is 0.229 e. The summed E-state index contributed by atoms with van der Waals surface area (Å²) >= 11 is 1.33. The highest BCUT2D eigenvalue weighted by Crippen LogP contribution is 2.27. The molecule has 0 aliphatic carbocycles. The number of hydrogen-bond donors (Lipinski definition) is 1. The van der Waals surface area contributed by atoms with Crippen LogP contribution in [0.25, 0.3) is 11.0 Å². The highest BCUT2D eigenvalue weighted by Gasteiger charge is 2.13. The van der Waals surface area contributed by atoms with Crippen LogP contribution in [-0.4, -0.2) is 13.0 Å². The molecule has 0 aliphatic heterocycles. The van der Waals surface area contributed by atoms with Crippen molar-refractivity contribution >= 4 is 33.2 Å². The van der Waals surface area contributed by atoms with Gasteiger partial charge in [-0.15, -0.1) is 11.3 Å². The molecular weight excluding hydrogens is 300 g/mol. The maximum absolute atomic E-state index is 12.1. The first-order valence-corrected chi connectivity index (χ1v) is 7.41. The number of anilines is 1. The fourth-order valence-corrected chi connectivity index (χ4v) is 2.92. The van der Waals surface area contributed by atoms with Crippen LogP contribution in [0.5, 0.6) is 5.75 Å². The number of benzene rings is 1. The van der Waals surface area contributed by atoms with E-state index in [-0.39, 0.29) is 12.3 Å². The lowest BCUT2D eigenvalue weighted by molar-refractivity contribution is -0.115. The van der Waals surface area contributed by atoms with Crippen LogP contribution in [0.2, 0.25) is 0 Å². The molecule has 2 aromatic heterocycles. The number of rotatable bonds is 4. The normalized spacial score (nSPS) is 10.4. The molecule has 0 spiro atoms. The van der Waals surface area contributed by atoms with Gasteiger partial charge in [0.15, 0.2) is 0 Å². The topological polar surface area (TPSA) is 75.3 Å². The van der Waals surface area contributed by atoms with Gasteiger partial charge in [0.1, 0.15) is 22.4 Å². The molecule has 1 N–H and O–H groups in total. The van der Waals surface area contributed by atoms with E-state index in [1.165, 1.54) is 11.3 Å². The van der Waals surface area contributed by atoms with E-state index in [9.17, 15) is 4.79 Å². The Morgan fingerprint density at radius 2 is 2.32 bits per heavy atom. The monoisotopic (exact) mass is 312 g/mol. The van der Waals surface area contributed by atoms with Crippen molar-refractivity contribution in [3.05, 3.63) is 47.0 Å². The third kappa shape index (κ3) is 2.67. The summed E-state index contributed by atoms with van der Waals surface area (Å²) < 4.78 is 10.6. The van der Waals surface area contributed by atoms with Gasteiger partial charge in [0.05, 0.1) is 25.4 Å². The lowest BCUT2D eigenvalue weighted by Gasteiger charge is -2.02. The number of amides is 1. The first-order chi connectivity index (χ1) is 10.7. The second-order valence-electron chi connectivity index (χ2n) is 4.62. The molecule has 0 saturated heterocycles. The predicted molar refractivity (Wildman–Crippen MR) is 84.1 cm³/mol. The number of methoxy groups -OCH3 is 1. The summed E-state index contributed by atoms with van der Waals surface area (Å²) in [5.74, 6) is 0.521. The molecule has 0 fully saturated rings. The predicted octanol–water partition coefficient (Wildman–Crippen LogP) is 3.56. The standard InChI is InChI=1S/C16H12N2O3S/c1-20-12-2-3-13-11(9-21-14(13)7-12)6-15(19)18-16-10(8-17)4-5-22-16/h2-5,7,9H,6H2,1H3,(H,18,19). The average molecular weight is 312 g/mol. The van der Waals surface area contributed by atoms with Crippen LogP contribution in [0, 0.1) is 11.3 Å². The molecule has 22 heavy (non-hydrogen) atoms. The molecule has 2 heterocycles. The van der Waals surface area contributed by atoms with E-state index in [0.717, 1.165) is 10.9 Å². The summed E-state index contributed by atoms with van der Waals surface area (Å²) in [5, 5.41) is 14.9. The number of hydrogen-bond acceptors (Lipinski definition) is 5. The average Bonchev–Trinajstić information content (AvgIpc) is 3.13. The van der Waals surface area contributed by atoms with Crippen molar-refractivity contribution in [2.75, 3.05) is 12.4 Å². The lowest BCUT2D eigenvalue weighted by atomic mass is 10.1. The molecule has 1 aromatic carbocycles. The number of fused-ring (bicyclic) bond motifs is 1. The first-order valence-electron chi connectivity index (χ1n) is 6.53. The third-order valence-electron chi connectivity index (χ3n) is 3.25. The van der Waals surface area contributed by atoms with Gasteiger partial charge >= 0.3 is 0 Å². The number of nitrogens with zero attached hydrogens (tertiary/aromatic N) is 1. The Bertz CT molecular complexity index is 873. The molecule has 1 amide bonds. The van der Waals surface area contributed by atoms with Crippen molar-refractivity contribution in [1.29, 1.82) is 5.26 Å².